The Kier molecular flexibility index (Phi) is 3.39. The highest BCUT2D eigenvalue weighted by Crippen LogP contribution is 2.27. The Morgan fingerprint density at radius 3 is 2.89 bits per heavy atom. The number of nitrogens with zero attached hydrogens (tertiary/aromatic N) is 1. The molecule has 0 radical (unpaired) electrons. The van der Waals surface area contributed by atoms with Crippen molar-refractivity contribution in [2.75, 3.05) is 13.1 Å². The van der Waals surface area contributed by atoms with Gasteiger partial charge < -0.3 is 16.0 Å². The largest absolute Gasteiger partial charge is 0.353 e. The maximum Gasteiger partial charge on any atom is 0.227 e. The Labute approximate surface area is 109 Å². The maximum atomic E-state index is 12.1. The van der Waals surface area contributed by atoms with Gasteiger partial charge in [-0.15, -0.1) is 0 Å². The molecule has 4 unspecified atom stereocenters. The third-order valence-electron chi connectivity index (χ3n) is 4.62. The quantitative estimate of drug-likeness (QED) is 0.706. The van der Waals surface area contributed by atoms with Crippen LogP contribution in [0.4, 0.5) is 0 Å². The van der Waals surface area contributed by atoms with Gasteiger partial charge in [-0.25, -0.2) is 0 Å². The van der Waals surface area contributed by atoms with Gasteiger partial charge in [0, 0.05) is 24.7 Å². The number of rotatable bonds is 2. The van der Waals surface area contributed by atoms with E-state index in [2.05, 4.69) is 10.2 Å². The summed E-state index contributed by atoms with van der Waals surface area (Å²) in [7, 11) is 0. The van der Waals surface area contributed by atoms with Crippen LogP contribution in [0.25, 0.3) is 0 Å². The standard InChI is InChI=1S/C14H23N3O/c15-11-4-3-10(8-11)14(18)16-12-5-7-17-6-1-2-13(17)9-12/h3-4,10-13H,1-2,5-9,15H2,(H,16,18). The number of hydrogen-bond donors (Lipinski definition) is 2. The smallest absolute Gasteiger partial charge is 0.227 e. The summed E-state index contributed by atoms with van der Waals surface area (Å²) in [5.41, 5.74) is 5.79. The molecule has 0 aromatic heterocycles. The number of piperidine rings is 1. The zero-order valence-corrected chi connectivity index (χ0v) is 10.8. The van der Waals surface area contributed by atoms with Crippen molar-refractivity contribution in [1.82, 2.24) is 10.2 Å². The Bertz CT molecular complexity index is 355. The van der Waals surface area contributed by atoms with E-state index in [1.54, 1.807) is 0 Å². The highest BCUT2D eigenvalue weighted by Gasteiger charge is 2.33. The van der Waals surface area contributed by atoms with Gasteiger partial charge in [0.1, 0.15) is 0 Å². The zero-order valence-electron chi connectivity index (χ0n) is 10.8. The predicted octanol–water partition coefficient (Wildman–Crippen LogP) is 0.633. The Morgan fingerprint density at radius 1 is 1.22 bits per heavy atom. The molecule has 4 heteroatoms. The zero-order chi connectivity index (χ0) is 12.5. The minimum absolute atomic E-state index is 0.00149. The third-order valence-corrected chi connectivity index (χ3v) is 4.62. The molecular formula is C14H23N3O. The molecule has 0 bridgehead atoms. The van der Waals surface area contributed by atoms with Crippen LogP contribution in [0, 0.1) is 5.92 Å². The minimum atomic E-state index is 0.00149. The Hall–Kier alpha value is -0.870. The van der Waals surface area contributed by atoms with Gasteiger partial charge in [0.25, 0.3) is 0 Å². The Morgan fingerprint density at radius 2 is 2.11 bits per heavy atom. The average molecular weight is 249 g/mol. The first kappa shape index (κ1) is 12.2. The molecule has 4 atom stereocenters. The first-order chi connectivity index (χ1) is 8.72. The molecule has 3 rings (SSSR count). The molecular weight excluding hydrogens is 226 g/mol. The lowest BCUT2D eigenvalue weighted by molar-refractivity contribution is -0.124. The molecule has 2 heterocycles. The van der Waals surface area contributed by atoms with E-state index in [1.165, 1.54) is 19.4 Å². The van der Waals surface area contributed by atoms with Gasteiger partial charge in [0.15, 0.2) is 0 Å². The summed E-state index contributed by atoms with van der Waals surface area (Å²) in [6, 6.07) is 1.16. The van der Waals surface area contributed by atoms with E-state index in [0.717, 1.165) is 25.8 Å². The number of carbonyl (C=O) groups is 1. The SMILES string of the molecule is NC1C=CC(C(=O)NC2CCN3CCCC3C2)C1. The number of nitrogens with one attached hydrogen (secondary N) is 1. The summed E-state index contributed by atoms with van der Waals surface area (Å²) >= 11 is 0. The van der Waals surface area contributed by atoms with Crippen LogP contribution in [0.5, 0.6) is 0 Å². The van der Waals surface area contributed by atoms with Crippen molar-refractivity contribution in [2.45, 2.75) is 50.2 Å². The highest BCUT2D eigenvalue weighted by atomic mass is 16.1. The summed E-state index contributed by atoms with van der Waals surface area (Å²) in [6.45, 7) is 2.40. The number of carbonyl (C=O) groups excluding carboxylic acids is 1. The minimum Gasteiger partial charge on any atom is -0.353 e. The average Bonchev–Trinajstić information content (AvgIpc) is 2.96. The van der Waals surface area contributed by atoms with Crippen molar-refractivity contribution in [1.29, 1.82) is 0 Å². The normalized spacial score (nSPS) is 39.8. The number of amides is 1. The molecule has 3 N–H and O–H groups in total. The van der Waals surface area contributed by atoms with E-state index in [9.17, 15) is 4.79 Å². The highest BCUT2D eigenvalue weighted by molar-refractivity contribution is 5.81. The molecule has 18 heavy (non-hydrogen) atoms. The summed E-state index contributed by atoms with van der Waals surface area (Å²) in [4.78, 5) is 14.7. The third kappa shape index (κ3) is 2.45. The van der Waals surface area contributed by atoms with E-state index < -0.39 is 0 Å². The fourth-order valence-corrected chi connectivity index (χ4v) is 3.59. The molecule has 100 valence electrons. The number of hydrogen-bond acceptors (Lipinski definition) is 3. The van der Waals surface area contributed by atoms with E-state index in [0.29, 0.717) is 12.1 Å². The molecule has 0 aromatic rings. The topological polar surface area (TPSA) is 58.4 Å². The summed E-state index contributed by atoms with van der Waals surface area (Å²) in [5.74, 6) is 0.178. The molecule has 1 amide bonds. The van der Waals surface area contributed by atoms with Gasteiger partial charge in [-0.05, 0) is 38.6 Å². The molecule has 1 aliphatic carbocycles. The lowest BCUT2D eigenvalue weighted by Crippen LogP contribution is -2.48. The van der Waals surface area contributed by atoms with Crippen LogP contribution in [0.1, 0.15) is 32.1 Å². The fraction of sp³-hybridized carbons (Fsp3) is 0.786. The molecule has 4 nitrogen and oxygen atoms in total. The lowest BCUT2D eigenvalue weighted by atomic mass is 9.96. The molecule has 2 aliphatic heterocycles. The molecule has 2 saturated heterocycles. The van der Waals surface area contributed by atoms with Crippen LogP contribution in [-0.4, -0.2) is 42.0 Å². The van der Waals surface area contributed by atoms with E-state index in [-0.39, 0.29) is 17.9 Å². The van der Waals surface area contributed by atoms with Crippen LogP contribution in [0.3, 0.4) is 0 Å². The van der Waals surface area contributed by atoms with Gasteiger partial charge in [0.05, 0.1) is 5.92 Å². The van der Waals surface area contributed by atoms with Crippen molar-refractivity contribution in [3.8, 4) is 0 Å². The van der Waals surface area contributed by atoms with Crippen LogP contribution >= 0.6 is 0 Å². The molecule has 3 aliphatic rings. The van der Waals surface area contributed by atoms with E-state index in [1.807, 2.05) is 12.2 Å². The van der Waals surface area contributed by atoms with Crippen molar-refractivity contribution < 1.29 is 4.79 Å². The maximum absolute atomic E-state index is 12.1. The van der Waals surface area contributed by atoms with Gasteiger partial charge in [-0.1, -0.05) is 12.2 Å². The van der Waals surface area contributed by atoms with Crippen molar-refractivity contribution in [3.05, 3.63) is 12.2 Å². The van der Waals surface area contributed by atoms with Crippen LogP contribution in [0.2, 0.25) is 0 Å². The number of fused-ring (bicyclic) bond motifs is 1. The lowest BCUT2D eigenvalue weighted by Gasteiger charge is -2.35. The van der Waals surface area contributed by atoms with Crippen LogP contribution in [-0.2, 0) is 4.79 Å². The molecule has 0 spiro atoms. The summed E-state index contributed by atoms with van der Waals surface area (Å²) in [5, 5.41) is 3.22. The van der Waals surface area contributed by atoms with E-state index in [4.69, 9.17) is 5.73 Å². The van der Waals surface area contributed by atoms with Crippen LogP contribution < -0.4 is 11.1 Å². The van der Waals surface area contributed by atoms with Crippen molar-refractivity contribution in [3.63, 3.8) is 0 Å². The number of nitrogens with two attached hydrogens (primary N) is 1. The molecule has 2 fully saturated rings. The van der Waals surface area contributed by atoms with Gasteiger partial charge in [-0.3, -0.25) is 4.79 Å². The predicted molar refractivity (Wildman–Crippen MR) is 71.0 cm³/mol. The van der Waals surface area contributed by atoms with Gasteiger partial charge in [-0.2, -0.15) is 0 Å². The van der Waals surface area contributed by atoms with Crippen LogP contribution in [0.15, 0.2) is 12.2 Å². The van der Waals surface area contributed by atoms with Crippen molar-refractivity contribution >= 4 is 5.91 Å². The first-order valence-electron chi connectivity index (χ1n) is 7.20. The van der Waals surface area contributed by atoms with E-state index >= 15 is 0 Å². The Balaban J connectivity index is 1.51. The first-order valence-corrected chi connectivity index (χ1v) is 7.20. The monoisotopic (exact) mass is 249 g/mol. The molecule has 0 saturated carbocycles. The summed E-state index contributed by atoms with van der Waals surface area (Å²) < 4.78 is 0. The van der Waals surface area contributed by atoms with Crippen molar-refractivity contribution in [2.24, 2.45) is 11.7 Å². The second kappa shape index (κ2) is 5.02. The second-order valence-corrected chi connectivity index (χ2v) is 5.95. The molecule has 0 aromatic carbocycles. The van der Waals surface area contributed by atoms with Gasteiger partial charge in [0.2, 0.25) is 5.91 Å². The van der Waals surface area contributed by atoms with Gasteiger partial charge >= 0.3 is 0 Å². The summed E-state index contributed by atoms with van der Waals surface area (Å²) in [6.07, 6.45) is 9.55. The second-order valence-electron chi connectivity index (χ2n) is 5.95. The fourth-order valence-electron chi connectivity index (χ4n) is 3.59.